The molecule has 0 saturated carbocycles. The summed E-state index contributed by atoms with van der Waals surface area (Å²) in [5.41, 5.74) is 0. The van der Waals surface area contributed by atoms with Gasteiger partial charge in [-0.1, -0.05) is 331 Å². The zero-order valence-electron chi connectivity index (χ0n) is 62.3. The summed E-state index contributed by atoms with van der Waals surface area (Å²) >= 11 is 0. The van der Waals surface area contributed by atoms with Crippen molar-refractivity contribution in [2.75, 3.05) is 39.6 Å². The summed E-state index contributed by atoms with van der Waals surface area (Å²) in [6.45, 7) is 14.2. The summed E-state index contributed by atoms with van der Waals surface area (Å²) in [6, 6.07) is 0. The van der Waals surface area contributed by atoms with E-state index in [4.69, 9.17) is 37.0 Å². The van der Waals surface area contributed by atoms with E-state index < -0.39 is 97.5 Å². The Morgan fingerprint density at radius 1 is 0.295 bits per heavy atom. The molecule has 0 aromatic rings. The van der Waals surface area contributed by atoms with Crippen LogP contribution in [-0.4, -0.2) is 96.7 Å². The van der Waals surface area contributed by atoms with E-state index in [1.807, 2.05) is 0 Å². The number of phosphoric acid groups is 2. The van der Waals surface area contributed by atoms with Crippen LogP contribution in [0.1, 0.15) is 383 Å². The summed E-state index contributed by atoms with van der Waals surface area (Å²) in [5, 5.41) is 10.6. The molecule has 0 rings (SSSR count). The molecule has 95 heavy (non-hydrogen) atoms. The van der Waals surface area contributed by atoms with Crippen molar-refractivity contribution >= 4 is 39.5 Å². The number of unbranched alkanes of at least 4 members (excludes halogenated alkanes) is 37. The van der Waals surface area contributed by atoms with Crippen molar-refractivity contribution in [2.24, 2.45) is 23.7 Å². The molecule has 0 radical (unpaired) electrons. The number of carbonyl (C=O) groups excluding carboxylic acids is 4. The average molecular weight is 1400 g/mol. The number of aliphatic hydroxyl groups is 1. The SMILES string of the molecule is CCC(C)CCCCCCCCCCC(=O)O[C@H](COC(=O)CCCCCCCCC(C)CC)COP(=O)(O)OC[C@H](O)COP(=O)(O)OC[C@@H](COC(=O)CCCCCCCCCCCCCCCC(C)C)OC(=O)CCCCCCCCCCCCCCCCC(C)C. The Kier molecular flexibility index (Phi) is 64.0. The first-order chi connectivity index (χ1) is 45.7. The Labute approximate surface area is 581 Å². The van der Waals surface area contributed by atoms with Gasteiger partial charge in [0, 0.05) is 25.7 Å². The van der Waals surface area contributed by atoms with E-state index in [-0.39, 0.29) is 25.7 Å². The number of hydrogen-bond donors (Lipinski definition) is 3. The van der Waals surface area contributed by atoms with Gasteiger partial charge < -0.3 is 33.8 Å². The van der Waals surface area contributed by atoms with Crippen LogP contribution in [0.3, 0.4) is 0 Å². The van der Waals surface area contributed by atoms with E-state index in [1.165, 1.54) is 180 Å². The van der Waals surface area contributed by atoms with Crippen molar-refractivity contribution in [3.8, 4) is 0 Å². The molecule has 0 aromatic carbocycles. The van der Waals surface area contributed by atoms with Crippen molar-refractivity contribution in [3.63, 3.8) is 0 Å². The Hall–Kier alpha value is -1.94. The largest absolute Gasteiger partial charge is 0.472 e. The fourth-order valence-electron chi connectivity index (χ4n) is 11.5. The lowest BCUT2D eigenvalue weighted by Crippen LogP contribution is -2.30. The molecule has 0 amide bonds. The minimum Gasteiger partial charge on any atom is -0.462 e. The third kappa shape index (κ3) is 67.6. The first kappa shape index (κ1) is 93.1. The Morgan fingerprint density at radius 3 is 0.747 bits per heavy atom. The highest BCUT2D eigenvalue weighted by molar-refractivity contribution is 7.47. The van der Waals surface area contributed by atoms with Gasteiger partial charge >= 0.3 is 39.5 Å². The molecular formula is C76H148O17P2. The zero-order valence-corrected chi connectivity index (χ0v) is 64.1. The highest BCUT2D eigenvalue weighted by Crippen LogP contribution is 2.45. The quantitative estimate of drug-likeness (QED) is 0.0222. The van der Waals surface area contributed by atoms with E-state index in [1.54, 1.807) is 0 Å². The van der Waals surface area contributed by atoms with E-state index >= 15 is 0 Å². The van der Waals surface area contributed by atoms with E-state index in [0.717, 1.165) is 120 Å². The minimum absolute atomic E-state index is 0.104. The second-order valence-electron chi connectivity index (χ2n) is 28.8. The third-order valence-electron chi connectivity index (χ3n) is 18.3. The molecule has 0 aromatic heterocycles. The monoisotopic (exact) mass is 1400 g/mol. The number of hydrogen-bond acceptors (Lipinski definition) is 15. The lowest BCUT2D eigenvalue weighted by molar-refractivity contribution is -0.161. The molecule has 0 spiro atoms. The molecular weight excluding hydrogens is 1250 g/mol. The van der Waals surface area contributed by atoms with Crippen LogP contribution in [0.15, 0.2) is 0 Å². The van der Waals surface area contributed by atoms with Crippen LogP contribution in [0.2, 0.25) is 0 Å². The Bertz CT molecular complexity index is 1870. The number of carbonyl (C=O) groups is 4. The number of rotatable bonds is 73. The number of phosphoric ester groups is 2. The standard InChI is InChI=1S/C76H148O17P2/c1-9-68(7)54-46-38-30-26-27-33-43-51-59-76(81)93-72(63-87-74(79)57-49-41-35-34-39-47-55-69(8)10-2)65-91-95(84,85)89-61-70(77)60-88-94(82,83)90-64-71(62-86-73(78)56-48-40-31-24-20-17-13-15-19-23-29-37-45-53-67(5)6)92-75(80)58-50-42-32-25-21-16-12-11-14-18-22-28-36-44-52-66(3)4/h66-72,77H,9-65H2,1-8H3,(H,82,83)(H,84,85)/t68?,69?,70-,71-,72-/m1/s1. The van der Waals surface area contributed by atoms with Gasteiger partial charge in [-0.2, -0.15) is 0 Å². The molecule has 0 bridgehead atoms. The topological polar surface area (TPSA) is 237 Å². The van der Waals surface area contributed by atoms with Gasteiger partial charge in [-0.15, -0.1) is 0 Å². The molecule has 0 heterocycles. The smallest absolute Gasteiger partial charge is 0.462 e. The van der Waals surface area contributed by atoms with Gasteiger partial charge in [0.15, 0.2) is 12.2 Å². The molecule has 0 aliphatic carbocycles. The maximum Gasteiger partial charge on any atom is 0.472 e. The normalized spacial score (nSPS) is 14.7. The van der Waals surface area contributed by atoms with Crippen molar-refractivity contribution in [1.29, 1.82) is 0 Å². The van der Waals surface area contributed by atoms with Gasteiger partial charge in [0.25, 0.3) is 0 Å². The molecule has 0 aliphatic heterocycles. The van der Waals surface area contributed by atoms with Crippen LogP contribution in [0.25, 0.3) is 0 Å². The number of ether oxygens (including phenoxy) is 4. The third-order valence-corrected chi connectivity index (χ3v) is 20.2. The zero-order chi connectivity index (χ0) is 70.3. The van der Waals surface area contributed by atoms with Crippen LogP contribution in [0.4, 0.5) is 0 Å². The lowest BCUT2D eigenvalue weighted by Gasteiger charge is -2.21. The van der Waals surface area contributed by atoms with E-state index in [0.29, 0.717) is 25.7 Å². The molecule has 7 atom stereocenters. The first-order valence-corrected chi connectivity index (χ1v) is 42.3. The van der Waals surface area contributed by atoms with Crippen molar-refractivity contribution in [3.05, 3.63) is 0 Å². The molecule has 17 nitrogen and oxygen atoms in total. The fourth-order valence-corrected chi connectivity index (χ4v) is 13.1. The van der Waals surface area contributed by atoms with Gasteiger partial charge in [0.2, 0.25) is 0 Å². The fraction of sp³-hybridized carbons (Fsp3) is 0.947. The van der Waals surface area contributed by atoms with Gasteiger partial charge in [-0.25, -0.2) is 9.13 Å². The Balaban J connectivity index is 5.26. The maximum absolute atomic E-state index is 13.1. The number of esters is 4. The van der Waals surface area contributed by atoms with E-state index in [9.17, 15) is 43.2 Å². The molecule has 0 saturated heterocycles. The second-order valence-corrected chi connectivity index (χ2v) is 31.7. The van der Waals surface area contributed by atoms with Crippen LogP contribution >= 0.6 is 15.6 Å². The molecule has 19 heteroatoms. The Morgan fingerprint density at radius 2 is 0.505 bits per heavy atom. The molecule has 3 N–H and O–H groups in total. The van der Waals surface area contributed by atoms with Crippen LogP contribution in [0.5, 0.6) is 0 Å². The van der Waals surface area contributed by atoms with Crippen molar-refractivity contribution in [2.45, 2.75) is 401 Å². The molecule has 4 unspecified atom stereocenters. The summed E-state index contributed by atoms with van der Waals surface area (Å²) < 4.78 is 68.5. The maximum atomic E-state index is 13.1. The summed E-state index contributed by atoms with van der Waals surface area (Å²) in [6.07, 6.45) is 49.9. The van der Waals surface area contributed by atoms with Crippen LogP contribution < -0.4 is 0 Å². The number of aliphatic hydroxyl groups excluding tert-OH is 1. The summed E-state index contributed by atoms with van der Waals surface area (Å²) in [4.78, 5) is 72.8. The van der Waals surface area contributed by atoms with Crippen LogP contribution in [0, 0.1) is 23.7 Å². The van der Waals surface area contributed by atoms with Crippen molar-refractivity contribution < 1.29 is 80.2 Å². The van der Waals surface area contributed by atoms with Crippen molar-refractivity contribution in [1.82, 2.24) is 0 Å². The first-order valence-electron chi connectivity index (χ1n) is 39.3. The predicted molar refractivity (Wildman–Crippen MR) is 386 cm³/mol. The van der Waals surface area contributed by atoms with Gasteiger partial charge in [-0.3, -0.25) is 37.3 Å². The summed E-state index contributed by atoms with van der Waals surface area (Å²) in [7, 11) is -9.91. The minimum atomic E-state index is -4.96. The van der Waals surface area contributed by atoms with Crippen LogP contribution in [-0.2, 0) is 65.4 Å². The van der Waals surface area contributed by atoms with E-state index in [2.05, 4.69) is 55.4 Å². The van der Waals surface area contributed by atoms with Gasteiger partial charge in [0.1, 0.15) is 19.3 Å². The summed E-state index contributed by atoms with van der Waals surface area (Å²) in [5.74, 6) is 0.964. The molecule has 0 fully saturated rings. The average Bonchev–Trinajstić information content (AvgIpc) is 1.56. The molecule has 0 aliphatic rings. The highest BCUT2D eigenvalue weighted by Gasteiger charge is 2.30. The van der Waals surface area contributed by atoms with Gasteiger partial charge in [0.05, 0.1) is 26.4 Å². The highest BCUT2D eigenvalue weighted by atomic mass is 31.2. The lowest BCUT2D eigenvalue weighted by atomic mass is 9.99. The second kappa shape index (κ2) is 65.4. The predicted octanol–water partition coefficient (Wildman–Crippen LogP) is 22.0. The van der Waals surface area contributed by atoms with Gasteiger partial charge in [-0.05, 0) is 49.4 Å². The molecule has 564 valence electrons.